The van der Waals surface area contributed by atoms with E-state index in [-0.39, 0.29) is 0 Å². The van der Waals surface area contributed by atoms with Crippen LogP contribution in [0.1, 0.15) is 24.8 Å². The molecule has 1 aromatic carbocycles. The summed E-state index contributed by atoms with van der Waals surface area (Å²) >= 11 is 0. The van der Waals surface area contributed by atoms with Crippen LogP contribution in [0.25, 0.3) is 0 Å². The molecule has 0 N–H and O–H groups in total. The first-order valence-corrected chi connectivity index (χ1v) is 7.65. The molecule has 0 atom stereocenters. The van der Waals surface area contributed by atoms with Crippen molar-refractivity contribution in [2.75, 3.05) is 29.9 Å². The van der Waals surface area contributed by atoms with Crippen molar-refractivity contribution in [3.8, 4) is 0 Å². The van der Waals surface area contributed by atoms with Crippen molar-refractivity contribution in [3.05, 3.63) is 48.3 Å². The number of anilines is 2. The lowest BCUT2D eigenvalue weighted by atomic mass is 10.1. The molecule has 0 bridgehead atoms. The van der Waals surface area contributed by atoms with E-state index in [4.69, 9.17) is 0 Å². The van der Waals surface area contributed by atoms with Crippen molar-refractivity contribution in [2.45, 2.75) is 25.8 Å². The van der Waals surface area contributed by atoms with Gasteiger partial charge in [-0.05, 0) is 24.8 Å². The standard InChI is InChI=1S/C17H22N4/c1-20(13-15-8-4-2-5-9-15)16-12-17(19-14-18-16)21-10-6-3-7-11-21/h2,4-5,8-9,12,14H,3,6-7,10-11,13H2,1H3. The largest absolute Gasteiger partial charge is 0.356 e. The summed E-state index contributed by atoms with van der Waals surface area (Å²) in [5.41, 5.74) is 1.29. The predicted molar refractivity (Wildman–Crippen MR) is 86.6 cm³/mol. The lowest BCUT2D eigenvalue weighted by molar-refractivity contribution is 0.573. The molecule has 0 aliphatic carbocycles. The van der Waals surface area contributed by atoms with Crippen molar-refractivity contribution >= 4 is 11.6 Å². The molecule has 1 aliphatic rings. The molecule has 21 heavy (non-hydrogen) atoms. The van der Waals surface area contributed by atoms with E-state index in [9.17, 15) is 0 Å². The van der Waals surface area contributed by atoms with Gasteiger partial charge in [-0.1, -0.05) is 30.3 Å². The van der Waals surface area contributed by atoms with E-state index < -0.39 is 0 Å². The molecule has 0 unspecified atom stereocenters. The fourth-order valence-corrected chi connectivity index (χ4v) is 2.78. The van der Waals surface area contributed by atoms with Crippen LogP contribution < -0.4 is 9.80 Å². The predicted octanol–water partition coefficient (Wildman–Crippen LogP) is 3.10. The van der Waals surface area contributed by atoms with Crippen LogP contribution in [0.5, 0.6) is 0 Å². The van der Waals surface area contributed by atoms with Crippen LogP contribution in [0.3, 0.4) is 0 Å². The number of rotatable bonds is 4. The zero-order chi connectivity index (χ0) is 14.5. The number of hydrogen-bond acceptors (Lipinski definition) is 4. The number of benzene rings is 1. The van der Waals surface area contributed by atoms with Gasteiger partial charge in [0.15, 0.2) is 0 Å². The average molecular weight is 282 g/mol. The van der Waals surface area contributed by atoms with Crippen LogP contribution in [0.2, 0.25) is 0 Å². The number of aromatic nitrogens is 2. The van der Waals surface area contributed by atoms with Gasteiger partial charge in [0.25, 0.3) is 0 Å². The van der Waals surface area contributed by atoms with Gasteiger partial charge in [0.1, 0.15) is 18.0 Å². The van der Waals surface area contributed by atoms with Crippen molar-refractivity contribution in [1.29, 1.82) is 0 Å². The number of nitrogens with zero attached hydrogens (tertiary/aromatic N) is 4. The molecule has 4 nitrogen and oxygen atoms in total. The molecule has 1 aliphatic heterocycles. The Morgan fingerprint density at radius 3 is 2.57 bits per heavy atom. The van der Waals surface area contributed by atoms with Gasteiger partial charge in [-0.3, -0.25) is 0 Å². The third kappa shape index (κ3) is 3.51. The van der Waals surface area contributed by atoms with Gasteiger partial charge >= 0.3 is 0 Å². The highest BCUT2D eigenvalue weighted by atomic mass is 15.2. The highest BCUT2D eigenvalue weighted by molar-refractivity contribution is 5.50. The molecule has 1 aromatic heterocycles. The summed E-state index contributed by atoms with van der Waals surface area (Å²) in [6.45, 7) is 3.08. The first-order valence-electron chi connectivity index (χ1n) is 7.65. The normalized spacial score (nSPS) is 15.0. The smallest absolute Gasteiger partial charge is 0.134 e. The Bertz CT molecular complexity index is 564. The summed E-state index contributed by atoms with van der Waals surface area (Å²) in [5.74, 6) is 2.04. The summed E-state index contributed by atoms with van der Waals surface area (Å²) in [4.78, 5) is 13.4. The van der Waals surface area contributed by atoms with E-state index in [1.807, 2.05) is 6.07 Å². The Labute approximate surface area is 126 Å². The van der Waals surface area contributed by atoms with Crippen molar-refractivity contribution in [2.24, 2.45) is 0 Å². The number of hydrogen-bond donors (Lipinski definition) is 0. The lowest BCUT2D eigenvalue weighted by Gasteiger charge is -2.28. The SMILES string of the molecule is CN(Cc1ccccc1)c1cc(N2CCCCC2)ncn1. The van der Waals surface area contributed by atoms with Crippen LogP contribution in [0.15, 0.2) is 42.7 Å². The second kappa shape index (κ2) is 6.57. The van der Waals surface area contributed by atoms with Gasteiger partial charge in [-0.2, -0.15) is 0 Å². The zero-order valence-electron chi connectivity index (χ0n) is 12.6. The molecule has 2 heterocycles. The van der Waals surface area contributed by atoms with E-state index in [1.165, 1.54) is 24.8 Å². The van der Waals surface area contributed by atoms with Crippen molar-refractivity contribution in [3.63, 3.8) is 0 Å². The Kier molecular flexibility index (Phi) is 4.34. The minimum absolute atomic E-state index is 0.858. The van der Waals surface area contributed by atoms with Gasteiger partial charge < -0.3 is 9.80 Å². The van der Waals surface area contributed by atoms with Crippen LogP contribution >= 0.6 is 0 Å². The molecule has 110 valence electrons. The minimum atomic E-state index is 0.858. The quantitative estimate of drug-likeness (QED) is 0.862. The summed E-state index contributed by atoms with van der Waals surface area (Å²) in [7, 11) is 2.08. The Morgan fingerprint density at radius 1 is 1.05 bits per heavy atom. The molecular formula is C17H22N4. The topological polar surface area (TPSA) is 32.3 Å². The second-order valence-corrected chi connectivity index (χ2v) is 5.62. The zero-order valence-corrected chi connectivity index (χ0v) is 12.6. The molecule has 0 saturated carbocycles. The van der Waals surface area contributed by atoms with Gasteiger partial charge in [0.2, 0.25) is 0 Å². The van der Waals surface area contributed by atoms with Gasteiger partial charge in [-0.15, -0.1) is 0 Å². The molecule has 2 aromatic rings. The van der Waals surface area contributed by atoms with E-state index in [1.54, 1.807) is 6.33 Å². The second-order valence-electron chi connectivity index (χ2n) is 5.62. The third-order valence-corrected chi connectivity index (χ3v) is 3.97. The lowest BCUT2D eigenvalue weighted by Crippen LogP contribution is -2.30. The first-order chi connectivity index (χ1) is 10.3. The van der Waals surface area contributed by atoms with Gasteiger partial charge in [0.05, 0.1) is 0 Å². The Balaban J connectivity index is 1.72. The molecule has 3 rings (SSSR count). The highest BCUT2D eigenvalue weighted by Crippen LogP contribution is 2.21. The average Bonchev–Trinajstić information content (AvgIpc) is 2.57. The summed E-state index contributed by atoms with van der Waals surface area (Å²) in [6.07, 6.45) is 5.54. The molecule has 1 fully saturated rings. The maximum atomic E-state index is 4.44. The fourth-order valence-electron chi connectivity index (χ4n) is 2.78. The van der Waals surface area contributed by atoms with Crippen LogP contribution in [-0.4, -0.2) is 30.1 Å². The van der Waals surface area contributed by atoms with Crippen LogP contribution in [0.4, 0.5) is 11.6 Å². The summed E-state index contributed by atoms with van der Waals surface area (Å²) in [6, 6.07) is 12.6. The minimum Gasteiger partial charge on any atom is -0.356 e. The molecule has 1 saturated heterocycles. The summed E-state index contributed by atoms with van der Waals surface area (Å²) in [5, 5.41) is 0. The van der Waals surface area contributed by atoms with E-state index in [0.29, 0.717) is 0 Å². The third-order valence-electron chi connectivity index (χ3n) is 3.97. The van der Waals surface area contributed by atoms with Crippen LogP contribution in [-0.2, 0) is 6.54 Å². The van der Waals surface area contributed by atoms with Gasteiger partial charge in [0, 0.05) is 32.7 Å². The highest BCUT2D eigenvalue weighted by Gasteiger charge is 2.13. The monoisotopic (exact) mass is 282 g/mol. The molecule has 4 heteroatoms. The van der Waals surface area contributed by atoms with E-state index in [0.717, 1.165) is 31.3 Å². The molecule has 0 spiro atoms. The van der Waals surface area contributed by atoms with Crippen molar-refractivity contribution in [1.82, 2.24) is 9.97 Å². The maximum Gasteiger partial charge on any atom is 0.134 e. The molecule has 0 radical (unpaired) electrons. The van der Waals surface area contributed by atoms with Crippen LogP contribution in [0, 0.1) is 0 Å². The van der Waals surface area contributed by atoms with E-state index >= 15 is 0 Å². The van der Waals surface area contributed by atoms with Crippen molar-refractivity contribution < 1.29 is 0 Å². The Hall–Kier alpha value is -2.10. The number of piperidine rings is 1. The first kappa shape index (κ1) is 13.9. The maximum absolute atomic E-state index is 4.44. The van der Waals surface area contributed by atoms with Gasteiger partial charge in [-0.25, -0.2) is 9.97 Å². The van der Waals surface area contributed by atoms with E-state index in [2.05, 4.69) is 57.1 Å². The fraction of sp³-hybridized carbons (Fsp3) is 0.412. The Morgan fingerprint density at radius 2 is 1.81 bits per heavy atom. The molecule has 0 amide bonds. The molecular weight excluding hydrogens is 260 g/mol. The summed E-state index contributed by atoms with van der Waals surface area (Å²) < 4.78 is 0.